The molecule has 5 rings (SSSR count). The second-order valence-corrected chi connectivity index (χ2v) is 8.30. The number of benzene rings is 1. The van der Waals surface area contributed by atoms with E-state index in [1.54, 1.807) is 4.68 Å². The molecule has 0 radical (unpaired) electrons. The van der Waals surface area contributed by atoms with Crippen molar-refractivity contribution in [3.63, 3.8) is 0 Å². The molecule has 1 saturated heterocycles. The van der Waals surface area contributed by atoms with E-state index in [2.05, 4.69) is 15.6 Å². The Bertz CT molecular complexity index is 947. The van der Waals surface area contributed by atoms with Gasteiger partial charge in [0.2, 0.25) is 5.91 Å². The van der Waals surface area contributed by atoms with Crippen molar-refractivity contribution < 1.29 is 18.7 Å². The molecule has 1 N–H and O–H groups in total. The number of halogens is 1. The number of rotatable bonds is 0. The van der Waals surface area contributed by atoms with Gasteiger partial charge in [0.05, 0.1) is 17.9 Å². The third kappa shape index (κ3) is 5.21. The van der Waals surface area contributed by atoms with Gasteiger partial charge >= 0.3 is 0 Å². The normalized spacial score (nSPS) is 23.2. The van der Waals surface area contributed by atoms with Crippen molar-refractivity contribution in [3.05, 3.63) is 41.5 Å². The molecule has 8 nitrogen and oxygen atoms in total. The predicted octanol–water partition coefficient (Wildman–Crippen LogP) is 2.33. The number of nitrogens with zero attached hydrogens (tertiary/aromatic N) is 4. The van der Waals surface area contributed by atoms with Crippen LogP contribution in [0.25, 0.3) is 0 Å². The van der Waals surface area contributed by atoms with Crippen LogP contribution in [0.3, 0.4) is 0 Å². The molecular formula is C22H28FN5O3. The van der Waals surface area contributed by atoms with Gasteiger partial charge in [-0.15, -0.1) is 5.10 Å². The van der Waals surface area contributed by atoms with E-state index in [0.717, 1.165) is 12.1 Å². The average Bonchev–Trinajstić information content (AvgIpc) is 3.19. The standard InChI is InChI=1S/C22H28FN5O3/c1-15-12-17-8-10-28(15)21(29)5-2-4-18-14-27(26-25-18)9-3-11-31-20-7-6-16(23)13-19(20)22(30)24-17/h6-7,13-15,17H,2-5,8-12H2,1H3,(H,24,30)/t15-,17-/m1/s1. The van der Waals surface area contributed by atoms with Crippen LogP contribution in [-0.4, -0.2) is 56.9 Å². The van der Waals surface area contributed by atoms with Gasteiger partial charge in [0.1, 0.15) is 11.6 Å². The summed E-state index contributed by atoms with van der Waals surface area (Å²) in [6, 6.07) is 3.94. The van der Waals surface area contributed by atoms with Crippen molar-refractivity contribution in [1.82, 2.24) is 25.2 Å². The van der Waals surface area contributed by atoms with E-state index in [-0.39, 0.29) is 29.5 Å². The lowest BCUT2D eigenvalue weighted by Crippen LogP contribution is -2.50. The number of aromatic nitrogens is 3. The summed E-state index contributed by atoms with van der Waals surface area (Å²) in [4.78, 5) is 27.5. The van der Waals surface area contributed by atoms with Crippen molar-refractivity contribution in [1.29, 1.82) is 0 Å². The third-order valence-corrected chi connectivity index (χ3v) is 5.92. The number of amides is 2. The summed E-state index contributed by atoms with van der Waals surface area (Å²) in [7, 11) is 0. The first kappa shape index (κ1) is 21.3. The fourth-order valence-corrected chi connectivity index (χ4v) is 4.28. The van der Waals surface area contributed by atoms with Crippen LogP contribution in [0.2, 0.25) is 0 Å². The monoisotopic (exact) mass is 429 g/mol. The Kier molecular flexibility index (Phi) is 6.48. The molecule has 0 spiro atoms. The Balaban J connectivity index is 1.54. The summed E-state index contributed by atoms with van der Waals surface area (Å²) in [6.07, 6.45) is 5.79. The molecule has 4 bridgehead atoms. The minimum Gasteiger partial charge on any atom is -0.493 e. The highest BCUT2D eigenvalue weighted by molar-refractivity contribution is 5.97. The van der Waals surface area contributed by atoms with Gasteiger partial charge in [-0.3, -0.25) is 14.3 Å². The molecule has 3 aliphatic rings. The molecule has 0 aliphatic carbocycles. The maximum atomic E-state index is 13.8. The van der Waals surface area contributed by atoms with E-state index in [4.69, 9.17) is 4.74 Å². The van der Waals surface area contributed by atoms with E-state index < -0.39 is 5.82 Å². The number of ether oxygens (including phenoxy) is 1. The van der Waals surface area contributed by atoms with Gasteiger partial charge in [0.15, 0.2) is 0 Å². The quantitative estimate of drug-likeness (QED) is 0.694. The number of aryl methyl sites for hydroxylation is 2. The number of fused-ring (bicyclic) bond motifs is 9. The molecule has 1 fully saturated rings. The van der Waals surface area contributed by atoms with E-state index >= 15 is 0 Å². The highest BCUT2D eigenvalue weighted by Crippen LogP contribution is 2.23. The largest absolute Gasteiger partial charge is 0.493 e. The lowest BCUT2D eigenvalue weighted by atomic mass is 9.97. The Labute approximate surface area is 180 Å². The summed E-state index contributed by atoms with van der Waals surface area (Å²) in [6.45, 7) is 3.57. The lowest BCUT2D eigenvalue weighted by molar-refractivity contribution is -0.134. The van der Waals surface area contributed by atoms with Crippen LogP contribution in [0, 0.1) is 5.82 Å². The van der Waals surface area contributed by atoms with Crippen LogP contribution in [0.15, 0.2) is 24.4 Å². The zero-order valence-corrected chi connectivity index (χ0v) is 17.7. The minimum atomic E-state index is -0.486. The van der Waals surface area contributed by atoms with E-state index in [0.29, 0.717) is 57.6 Å². The molecule has 2 aromatic rings. The summed E-state index contributed by atoms with van der Waals surface area (Å²) in [5.41, 5.74) is 1.06. The van der Waals surface area contributed by atoms with Crippen molar-refractivity contribution in [3.8, 4) is 5.75 Å². The number of nitrogens with one attached hydrogen (secondary N) is 1. The Morgan fingerprint density at radius 1 is 1.19 bits per heavy atom. The van der Waals surface area contributed by atoms with Crippen molar-refractivity contribution in [2.24, 2.45) is 0 Å². The van der Waals surface area contributed by atoms with Crippen LogP contribution >= 0.6 is 0 Å². The van der Waals surface area contributed by atoms with Gasteiger partial charge in [-0.25, -0.2) is 4.39 Å². The molecule has 31 heavy (non-hydrogen) atoms. The lowest BCUT2D eigenvalue weighted by Gasteiger charge is -2.38. The molecule has 9 heteroatoms. The van der Waals surface area contributed by atoms with Crippen LogP contribution in [0.4, 0.5) is 4.39 Å². The Morgan fingerprint density at radius 2 is 2.06 bits per heavy atom. The molecule has 3 aliphatic heterocycles. The van der Waals surface area contributed by atoms with Gasteiger partial charge in [0, 0.05) is 44.2 Å². The summed E-state index contributed by atoms with van der Waals surface area (Å²) in [5.74, 6) is -0.356. The van der Waals surface area contributed by atoms with Crippen LogP contribution in [-0.2, 0) is 17.8 Å². The molecule has 0 saturated carbocycles. The molecule has 2 amide bonds. The highest BCUT2D eigenvalue weighted by Gasteiger charge is 2.30. The van der Waals surface area contributed by atoms with Crippen molar-refractivity contribution in [2.45, 2.75) is 64.1 Å². The van der Waals surface area contributed by atoms with Gasteiger partial charge in [-0.1, -0.05) is 5.21 Å². The first-order valence-corrected chi connectivity index (χ1v) is 10.9. The molecule has 2 atom stereocenters. The number of hydrogen-bond acceptors (Lipinski definition) is 5. The van der Waals surface area contributed by atoms with Crippen LogP contribution < -0.4 is 10.1 Å². The summed E-state index contributed by atoms with van der Waals surface area (Å²) < 4.78 is 21.4. The van der Waals surface area contributed by atoms with Crippen molar-refractivity contribution >= 4 is 11.8 Å². The maximum absolute atomic E-state index is 13.8. The number of carbonyl (C=O) groups is 2. The second-order valence-electron chi connectivity index (χ2n) is 8.30. The van der Waals surface area contributed by atoms with Gasteiger partial charge < -0.3 is 15.0 Å². The molecule has 1 aromatic heterocycles. The van der Waals surface area contributed by atoms with E-state index in [1.807, 2.05) is 18.0 Å². The Hall–Kier alpha value is -2.97. The van der Waals surface area contributed by atoms with E-state index in [1.165, 1.54) is 18.2 Å². The van der Waals surface area contributed by atoms with Gasteiger partial charge in [-0.2, -0.15) is 0 Å². The summed E-state index contributed by atoms with van der Waals surface area (Å²) >= 11 is 0. The molecule has 0 unspecified atom stereocenters. The average molecular weight is 429 g/mol. The maximum Gasteiger partial charge on any atom is 0.255 e. The predicted molar refractivity (Wildman–Crippen MR) is 111 cm³/mol. The fraction of sp³-hybridized carbons (Fsp3) is 0.545. The second kappa shape index (κ2) is 9.45. The first-order chi connectivity index (χ1) is 15.0. The number of hydrogen-bond donors (Lipinski definition) is 1. The minimum absolute atomic E-state index is 0.0257. The SMILES string of the molecule is C[C@@H]1C[C@H]2CCN1C(=O)CCCc1cn(nn1)CCCOc1ccc(F)cc1C(=O)N2. The highest BCUT2D eigenvalue weighted by atomic mass is 19.1. The first-order valence-electron chi connectivity index (χ1n) is 10.9. The zero-order valence-electron chi connectivity index (χ0n) is 17.7. The fourth-order valence-electron chi connectivity index (χ4n) is 4.28. The van der Waals surface area contributed by atoms with Crippen LogP contribution in [0.5, 0.6) is 5.75 Å². The van der Waals surface area contributed by atoms with Gasteiger partial charge in [-0.05, 0) is 50.8 Å². The smallest absolute Gasteiger partial charge is 0.255 e. The number of carbonyl (C=O) groups excluding carboxylic acids is 2. The molecule has 166 valence electrons. The molecular weight excluding hydrogens is 401 g/mol. The number of piperidine rings is 1. The van der Waals surface area contributed by atoms with E-state index in [9.17, 15) is 14.0 Å². The van der Waals surface area contributed by atoms with Crippen molar-refractivity contribution in [2.75, 3.05) is 13.2 Å². The topological polar surface area (TPSA) is 89.3 Å². The molecule has 4 heterocycles. The Morgan fingerprint density at radius 3 is 2.90 bits per heavy atom. The van der Waals surface area contributed by atoms with Crippen LogP contribution in [0.1, 0.15) is 55.1 Å². The van der Waals surface area contributed by atoms with Gasteiger partial charge in [0.25, 0.3) is 5.91 Å². The third-order valence-electron chi connectivity index (χ3n) is 5.92. The summed E-state index contributed by atoms with van der Waals surface area (Å²) in [5, 5.41) is 11.3. The molecule has 1 aromatic carbocycles. The zero-order chi connectivity index (χ0) is 21.8.